The summed E-state index contributed by atoms with van der Waals surface area (Å²) in [7, 11) is 0. The van der Waals surface area contributed by atoms with Crippen molar-refractivity contribution in [2.45, 2.75) is 0 Å². The highest BCUT2D eigenvalue weighted by Crippen LogP contribution is 2.30. The van der Waals surface area contributed by atoms with Crippen molar-refractivity contribution in [1.29, 1.82) is 0 Å². The minimum absolute atomic E-state index is 0.403. The van der Waals surface area contributed by atoms with Crippen LogP contribution in [0.2, 0.25) is 0 Å². The van der Waals surface area contributed by atoms with Crippen LogP contribution < -0.4 is 11.5 Å². The molecule has 0 aliphatic heterocycles. The number of nitrogen functional groups attached to an aromatic ring is 1. The molecule has 2 rings (SSSR count). The fourth-order valence-electron chi connectivity index (χ4n) is 1.48. The Morgan fingerprint density at radius 2 is 2.00 bits per heavy atom. The van der Waals surface area contributed by atoms with Crippen LogP contribution in [0.3, 0.4) is 0 Å². The van der Waals surface area contributed by atoms with Crippen molar-refractivity contribution in [2.24, 2.45) is 5.73 Å². The highest BCUT2D eigenvalue weighted by molar-refractivity contribution is 7.13. The van der Waals surface area contributed by atoms with Crippen LogP contribution in [0, 0.1) is 0 Å². The first-order valence-corrected chi connectivity index (χ1v) is 5.30. The molecule has 1 aromatic heterocycles. The van der Waals surface area contributed by atoms with Gasteiger partial charge >= 0.3 is 0 Å². The summed E-state index contributed by atoms with van der Waals surface area (Å²) in [4.78, 5) is 12.3. The van der Waals surface area contributed by atoms with Crippen LogP contribution in [-0.4, -0.2) is 5.91 Å². The summed E-state index contributed by atoms with van der Waals surface area (Å²) in [5.41, 5.74) is 12.7. The van der Waals surface area contributed by atoms with E-state index in [0.717, 1.165) is 10.4 Å². The van der Waals surface area contributed by atoms with E-state index in [-0.39, 0.29) is 0 Å². The van der Waals surface area contributed by atoms with Crippen LogP contribution in [0.4, 0.5) is 5.69 Å². The number of primary amides is 1. The molecule has 0 bridgehead atoms. The number of hydrogen-bond acceptors (Lipinski definition) is 3. The lowest BCUT2D eigenvalue weighted by Gasteiger charge is -2.07. The van der Waals surface area contributed by atoms with Gasteiger partial charge in [-0.2, -0.15) is 0 Å². The van der Waals surface area contributed by atoms with E-state index in [1.54, 1.807) is 17.4 Å². The van der Waals surface area contributed by atoms with Gasteiger partial charge in [-0.15, -0.1) is 11.3 Å². The molecule has 0 fully saturated rings. The third-order valence-corrected chi connectivity index (χ3v) is 3.03. The van der Waals surface area contributed by atoms with Gasteiger partial charge in [-0.05, 0) is 17.5 Å². The second-order valence-electron chi connectivity index (χ2n) is 3.11. The lowest BCUT2D eigenvalue weighted by atomic mass is 10.0. The topological polar surface area (TPSA) is 69.1 Å². The number of rotatable bonds is 2. The number of benzene rings is 1. The summed E-state index contributed by atoms with van der Waals surface area (Å²) >= 11 is 1.55. The van der Waals surface area contributed by atoms with Gasteiger partial charge in [0.15, 0.2) is 0 Å². The number of carbonyl (C=O) groups is 1. The fraction of sp³-hybridized carbons (Fsp3) is 0. The summed E-state index contributed by atoms with van der Waals surface area (Å²) in [6.07, 6.45) is 0. The van der Waals surface area contributed by atoms with E-state index in [0.29, 0.717) is 11.3 Å². The molecule has 1 amide bonds. The molecule has 0 aliphatic carbocycles. The van der Waals surface area contributed by atoms with Gasteiger partial charge in [0.2, 0.25) is 0 Å². The summed E-state index contributed by atoms with van der Waals surface area (Å²) in [5.74, 6) is -0.489. The van der Waals surface area contributed by atoms with Gasteiger partial charge in [0.05, 0.1) is 5.56 Å². The first-order valence-electron chi connectivity index (χ1n) is 4.42. The summed E-state index contributed by atoms with van der Waals surface area (Å²) in [6.45, 7) is 0. The molecule has 0 atom stereocenters. The summed E-state index contributed by atoms with van der Waals surface area (Å²) < 4.78 is 0. The second kappa shape index (κ2) is 3.74. The zero-order valence-corrected chi connectivity index (χ0v) is 8.75. The molecule has 0 radical (unpaired) electrons. The maximum Gasteiger partial charge on any atom is 0.251 e. The number of carbonyl (C=O) groups excluding carboxylic acids is 1. The lowest BCUT2D eigenvalue weighted by molar-refractivity contribution is 0.100. The summed E-state index contributed by atoms with van der Waals surface area (Å²) in [5, 5.41) is 1.95. The van der Waals surface area contributed by atoms with Gasteiger partial charge in [-0.3, -0.25) is 4.79 Å². The van der Waals surface area contributed by atoms with Gasteiger partial charge in [0.25, 0.3) is 5.91 Å². The first kappa shape index (κ1) is 9.73. The smallest absolute Gasteiger partial charge is 0.251 e. The Morgan fingerprint density at radius 3 is 2.60 bits per heavy atom. The molecular weight excluding hydrogens is 208 g/mol. The molecule has 15 heavy (non-hydrogen) atoms. The maximum atomic E-state index is 11.3. The molecule has 76 valence electrons. The molecule has 0 unspecified atom stereocenters. The van der Waals surface area contributed by atoms with Crippen molar-refractivity contribution in [2.75, 3.05) is 5.73 Å². The predicted octanol–water partition coefficient (Wildman–Crippen LogP) is 2.10. The van der Waals surface area contributed by atoms with E-state index < -0.39 is 5.91 Å². The highest BCUT2D eigenvalue weighted by atomic mass is 32.1. The van der Waals surface area contributed by atoms with Crippen molar-refractivity contribution in [1.82, 2.24) is 0 Å². The molecule has 1 aromatic carbocycles. The van der Waals surface area contributed by atoms with Crippen LogP contribution in [0.5, 0.6) is 0 Å². The van der Waals surface area contributed by atoms with Crippen molar-refractivity contribution in [3.05, 3.63) is 41.3 Å². The molecule has 0 spiro atoms. The van der Waals surface area contributed by atoms with Crippen LogP contribution in [0.25, 0.3) is 10.4 Å². The van der Waals surface area contributed by atoms with Crippen molar-refractivity contribution >= 4 is 22.9 Å². The van der Waals surface area contributed by atoms with Gasteiger partial charge in [0.1, 0.15) is 0 Å². The number of amides is 1. The second-order valence-corrected chi connectivity index (χ2v) is 4.06. The molecule has 0 saturated carbocycles. The SMILES string of the molecule is NC(=O)c1c(N)cccc1-c1cccs1. The molecule has 4 heteroatoms. The molecule has 0 saturated heterocycles. The van der Waals surface area contributed by atoms with E-state index in [1.807, 2.05) is 29.6 Å². The number of nitrogens with two attached hydrogens (primary N) is 2. The fourth-order valence-corrected chi connectivity index (χ4v) is 2.24. The van der Waals surface area contributed by atoms with E-state index in [4.69, 9.17) is 11.5 Å². The molecular formula is C11H10N2OS. The Kier molecular flexibility index (Phi) is 2.43. The molecule has 4 N–H and O–H groups in total. The van der Waals surface area contributed by atoms with Crippen LogP contribution in [-0.2, 0) is 0 Å². The quantitative estimate of drug-likeness (QED) is 0.758. The normalized spacial score (nSPS) is 10.1. The van der Waals surface area contributed by atoms with Gasteiger partial charge in [-0.25, -0.2) is 0 Å². The standard InChI is InChI=1S/C11H10N2OS/c12-8-4-1-3-7(10(8)11(13)14)9-5-2-6-15-9/h1-6H,12H2,(H2,13,14). The average molecular weight is 218 g/mol. The first-order chi connectivity index (χ1) is 7.20. The zero-order valence-electron chi connectivity index (χ0n) is 7.94. The molecule has 0 aliphatic rings. The number of thiophene rings is 1. The lowest BCUT2D eigenvalue weighted by Crippen LogP contribution is -2.14. The predicted molar refractivity (Wildman–Crippen MR) is 62.7 cm³/mol. The van der Waals surface area contributed by atoms with E-state index in [9.17, 15) is 4.79 Å². The van der Waals surface area contributed by atoms with E-state index >= 15 is 0 Å². The largest absolute Gasteiger partial charge is 0.398 e. The number of anilines is 1. The summed E-state index contributed by atoms with van der Waals surface area (Å²) in [6, 6.07) is 9.20. The van der Waals surface area contributed by atoms with Crippen molar-refractivity contribution in [3.8, 4) is 10.4 Å². The maximum absolute atomic E-state index is 11.3. The monoisotopic (exact) mass is 218 g/mol. The third-order valence-electron chi connectivity index (χ3n) is 2.13. The van der Waals surface area contributed by atoms with E-state index in [2.05, 4.69) is 0 Å². The molecule has 2 aromatic rings. The minimum Gasteiger partial charge on any atom is -0.398 e. The van der Waals surface area contributed by atoms with Crippen molar-refractivity contribution < 1.29 is 4.79 Å². The zero-order chi connectivity index (χ0) is 10.8. The Balaban J connectivity index is 2.66. The van der Waals surface area contributed by atoms with Crippen molar-refractivity contribution in [3.63, 3.8) is 0 Å². The Bertz CT molecular complexity index is 491. The van der Waals surface area contributed by atoms with Crippen LogP contribution in [0.1, 0.15) is 10.4 Å². The highest BCUT2D eigenvalue weighted by Gasteiger charge is 2.13. The van der Waals surface area contributed by atoms with Crippen LogP contribution in [0.15, 0.2) is 35.7 Å². The molecule has 3 nitrogen and oxygen atoms in total. The third kappa shape index (κ3) is 1.71. The van der Waals surface area contributed by atoms with Crippen LogP contribution >= 0.6 is 11.3 Å². The Hall–Kier alpha value is -1.81. The Morgan fingerprint density at radius 1 is 1.20 bits per heavy atom. The van der Waals surface area contributed by atoms with Gasteiger partial charge < -0.3 is 11.5 Å². The van der Waals surface area contributed by atoms with E-state index in [1.165, 1.54) is 0 Å². The minimum atomic E-state index is -0.489. The van der Waals surface area contributed by atoms with Gasteiger partial charge in [-0.1, -0.05) is 18.2 Å². The average Bonchev–Trinajstić information content (AvgIpc) is 2.69. The Labute approximate surface area is 91.3 Å². The molecule has 1 heterocycles. The number of hydrogen-bond donors (Lipinski definition) is 2. The van der Waals surface area contributed by atoms with Gasteiger partial charge in [0, 0.05) is 16.1 Å².